The maximum Gasteiger partial charge on any atom is 0.262 e. The molecule has 0 saturated heterocycles. The smallest absolute Gasteiger partial charge is 0.262 e. The first-order chi connectivity index (χ1) is 12.4. The lowest BCUT2D eigenvalue weighted by Crippen LogP contribution is -2.26. The molecule has 1 aliphatic rings. The fourth-order valence-electron chi connectivity index (χ4n) is 3.06. The number of halogens is 1. The number of ether oxygens (including phenoxy) is 1. The van der Waals surface area contributed by atoms with Crippen LogP contribution in [0.4, 0.5) is 15.8 Å². The molecule has 0 fully saturated rings. The topological polar surface area (TPSA) is 67.4 Å². The first kappa shape index (κ1) is 17.9. The quantitative estimate of drug-likeness (QED) is 0.853. The molecule has 1 heterocycles. The minimum atomic E-state index is -0.296. The summed E-state index contributed by atoms with van der Waals surface area (Å²) in [7, 11) is 0. The van der Waals surface area contributed by atoms with Crippen molar-refractivity contribution in [1.29, 1.82) is 0 Å². The summed E-state index contributed by atoms with van der Waals surface area (Å²) in [6.07, 6.45) is 0.263. The van der Waals surface area contributed by atoms with Crippen LogP contribution >= 0.6 is 0 Å². The highest BCUT2D eigenvalue weighted by Gasteiger charge is 2.23. The molecule has 0 radical (unpaired) electrons. The Labute approximate surface area is 151 Å². The number of para-hydroxylation sites is 1. The van der Waals surface area contributed by atoms with Crippen LogP contribution in [-0.2, 0) is 9.59 Å². The molecule has 5 nitrogen and oxygen atoms in total. The van der Waals surface area contributed by atoms with E-state index in [-0.39, 0.29) is 42.5 Å². The first-order valence-electron chi connectivity index (χ1n) is 8.55. The van der Waals surface area contributed by atoms with Crippen molar-refractivity contribution in [3.05, 3.63) is 53.8 Å². The minimum Gasteiger partial charge on any atom is -0.479 e. The molecule has 1 atom stereocenters. The molecule has 0 aromatic heterocycles. The number of carbonyl (C=O) groups is 2. The van der Waals surface area contributed by atoms with E-state index < -0.39 is 0 Å². The standard InChI is InChI=1S/C20H21FN2O3/c1-12(2)15(13-6-8-14(21)9-7-13)10-18(24)22-16-4-3-5-17-20(16)26-11-19(25)23-17/h3-9,12,15H,10-11H2,1-2H3,(H,22,24)(H,23,25). The third kappa shape index (κ3) is 4.02. The van der Waals surface area contributed by atoms with E-state index in [2.05, 4.69) is 10.6 Å². The molecular weight excluding hydrogens is 335 g/mol. The number of fused-ring (bicyclic) bond motifs is 1. The number of benzene rings is 2. The molecule has 2 aromatic rings. The Morgan fingerprint density at radius 3 is 2.65 bits per heavy atom. The van der Waals surface area contributed by atoms with Crippen molar-refractivity contribution < 1.29 is 18.7 Å². The lowest BCUT2D eigenvalue weighted by Gasteiger charge is -2.23. The summed E-state index contributed by atoms with van der Waals surface area (Å²) in [5.74, 6) is -0.0413. The zero-order valence-corrected chi connectivity index (χ0v) is 14.7. The van der Waals surface area contributed by atoms with Crippen LogP contribution in [0.3, 0.4) is 0 Å². The van der Waals surface area contributed by atoms with Gasteiger partial charge in [-0.05, 0) is 41.7 Å². The van der Waals surface area contributed by atoms with Crippen LogP contribution in [0.1, 0.15) is 31.7 Å². The Hall–Kier alpha value is -2.89. The van der Waals surface area contributed by atoms with E-state index in [9.17, 15) is 14.0 Å². The first-order valence-corrected chi connectivity index (χ1v) is 8.55. The number of hydrogen-bond acceptors (Lipinski definition) is 3. The van der Waals surface area contributed by atoms with Crippen molar-refractivity contribution in [3.8, 4) is 5.75 Å². The summed E-state index contributed by atoms with van der Waals surface area (Å²) in [5, 5.41) is 5.57. The molecule has 1 unspecified atom stereocenters. The highest BCUT2D eigenvalue weighted by atomic mass is 19.1. The molecule has 0 spiro atoms. The van der Waals surface area contributed by atoms with Gasteiger partial charge in [-0.3, -0.25) is 9.59 Å². The van der Waals surface area contributed by atoms with Crippen LogP contribution in [0.25, 0.3) is 0 Å². The summed E-state index contributed by atoms with van der Waals surface area (Å²) in [6, 6.07) is 11.4. The third-order valence-corrected chi connectivity index (χ3v) is 4.42. The number of anilines is 2. The zero-order valence-electron chi connectivity index (χ0n) is 14.7. The number of amides is 2. The fourth-order valence-corrected chi connectivity index (χ4v) is 3.06. The molecule has 6 heteroatoms. The second-order valence-corrected chi connectivity index (χ2v) is 6.67. The van der Waals surface area contributed by atoms with Gasteiger partial charge in [0.1, 0.15) is 5.82 Å². The maximum atomic E-state index is 13.2. The van der Waals surface area contributed by atoms with Gasteiger partial charge in [-0.1, -0.05) is 32.0 Å². The van der Waals surface area contributed by atoms with E-state index in [1.165, 1.54) is 12.1 Å². The molecule has 2 amide bonds. The predicted molar refractivity (Wildman–Crippen MR) is 97.8 cm³/mol. The zero-order chi connectivity index (χ0) is 18.7. The van der Waals surface area contributed by atoms with Crippen molar-refractivity contribution in [1.82, 2.24) is 0 Å². The summed E-state index contributed by atoms with van der Waals surface area (Å²) in [5.41, 5.74) is 1.99. The van der Waals surface area contributed by atoms with Crippen LogP contribution in [0, 0.1) is 11.7 Å². The van der Waals surface area contributed by atoms with E-state index in [0.29, 0.717) is 17.1 Å². The average Bonchev–Trinajstić information content (AvgIpc) is 2.60. The number of nitrogens with one attached hydrogen (secondary N) is 2. The summed E-state index contributed by atoms with van der Waals surface area (Å²) >= 11 is 0. The van der Waals surface area contributed by atoms with Gasteiger partial charge in [0.15, 0.2) is 12.4 Å². The second kappa shape index (κ2) is 7.56. The highest BCUT2D eigenvalue weighted by molar-refractivity contribution is 6.00. The van der Waals surface area contributed by atoms with Crippen molar-refractivity contribution >= 4 is 23.2 Å². The Kier molecular flexibility index (Phi) is 5.21. The van der Waals surface area contributed by atoms with Crippen molar-refractivity contribution in [2.75, 3.05) is 17.2 Å². The van der Waals surface area contributed by atoms with Gasteiger partial charge in [0, 0.05) is 6.42 Å². The molecule has 2 aromatic carbocycles. The molecule has 0 bridgehead atoms. The molecule has 0 aliphatic carbocycles. The van der Waals surface area contributed by atoms with Gasteiger partial charge in [-0.2, -0.15) is 0 Å². The lowest BCUT2D eigenvalue weighted by atomic mass is 9.85. The van der Waals surface area contributed by atoms with E-state index in [0.717, 1.165) is 5.56 Å². The van der Waals surface area contributed by atoms with Gasteiger partial charge >= 0.3 is 0 Å². The number of carbonyl (C=O) groups excluding carboxylic acids is 2. The molecule has 136 valence electrons. The highest BCUT2D eigenvalue weighted by Crippen LogP contribution is 2.36. The van der Waals surface area contributed by atoms with Crippen LogP contribution < -0.4 is 15.4 Å². The number of rotatable bonds is 5. The molecule has 2 N–H and O–H groups in total. The normalized spacial score (nSPS) is 14.2. The Morgan fingerprint density at radius 2 is 1.96 bits per heavy atom. The van der Waals surface area contributed by atoms with Crippen molar-refractivity contribution in [2.45, 2.75) is 26.2 Å². The van der Waals surface area contributed by atoms with Crippen LogP contribution in [0.5, 0.6) is 5.75 Å². The van der Waals surface area contributed by atoms with E-state index >= 15 is 0 Å². The predicted octanol–water partition coefficient (Wildman–Crippen LogP) is 3.93. The molecule has 1 aliphatic heterocycles. The monoisotopic (exact) mass is 356 g/mol. The minimum absolute atomic E-state index is 0.0317. The van der Waals surface area contributed by atoms with Crippen molar-refractivity contribution in [3.63, 3.8) is 0 Å². The maximum absolute atomic E-state index is 13.2. The number of hydrogen-bond donors (Lipinski definition) is 2. The van der Waals surface area contributed by atoms with Crippen molar-refractivity contribution in [2.24, 2.45) is 5.92 Å². The van der Waals surface area contributed by atoms with Gasteiger partial charge in [0.25, 0.3) is 5.91 Å². The average molecular weight is 356 g/mol. The third-order valence-electron chi connectivity index (χ3n) is 4.42. The Bertz CT molecular complexity index is 818. The summed E-state index contributed by atoms with van der Waals surface area (Å²) < 4.78 is 18.6. The molecule has 0 saturated carbocycles. The second-order valence-electron chi connectivity index (χ2n) is 6.67. The van der Waals surface area contributed by atoms with E-state index in [1.807, 2.05) is 13.8 Å². The van der Waals surface area contributed by atoms with Gasteiger partial charge in [0.2, 0.25) is 5.91 Å². The van der Waals surface area contributed by atoms with Gasteiger partial charge in [-0.15, -0.1) is 0 Å². The van der Waals surface area contributed by atoms with Crippen LogP contribution in [0.15, 0.2) is 42.5 Å². The lowest BCUT2D eigenvalue weighted by molar-refractivity contribution is -0.118. The van der Waals surface area contributed by atoms with Gasteiger partial charge in [-0.25, -0.2) is 4.39 Å². The SMILES string of the molecule is CC(C)C(CC(=O)Nc1cccc2c1OCC(=O)N2)c1ccc(F)cc1. The molecule has 26 heavy (non-hydrogen) atoms. The van der Waals surface area contributed by atoms with Crippen LogP contribution in [0.2, 0.25) is 0 Å². The Morgan fingerprint density at radius 1 is 1.23 bits per heavy atom. The largest absolute Gasteiger partial charge is 0.479 e. The molecular formula is C20H21FN2O3. The van der Waals surface area contributed by atoms with Crippen LogP contribution in [-0.4, -0.2) is 18.4 Å². The summed E-state index contributed by atoms with van der Waals surface area (Å²) in [4.78, 5) is 24.0. The van der Waals surface area contributed by atoms with E-state index in [4.69, 9.17) is 4.74 Å². The Balaban J connectivity index is 1.74. The van der Waals surface area contributed by atoms with Gasteiger partial charge < -0.3 is 15.4 Å². The fraction of sp³-hybridized carbons (Fsp3) is 0.300. The van der Waals surface area contributed by atoms with E-state index in [1.54, 1.807) is 30.3 Å². The van der Waals surface area contributed by atoms with Gasteiger partial charge in [0.05, 0.1) is 11.4 Å². The molecule has 3 rings (SSSR count). The summed E-state index contributed by atoms with van der Waals surface area (Å²) in [6.45, 7) is 3.98.